The summed E-state index contributed by atoms with van der Waals surface area (Å²) in [5.41, 5.74) is 3.55. The Bertz CT molecular complexity index is 743. The number of amides is 1. The number of benzene rings is 1. The topological polar surface area (TPSA) is 67.8 Å². The average Bonchev–Trinajstić information content (AvgIpc) is 2.58. The highest BCUT2D eigenvalue weighted by atomic mass is 16.1. The molecule has 5 heteroatoms. The molecule has 22 heavy (non-hydrogen) atoms. The molecule has 0 bridgehead atoms. The standard InChI is InChI=1S/C17H14N4O/c22-17(15-10-19-12-20-11-15)21-16-3-1-13(2-4-16)9-14-5-7-18-8-6-14/h1-8,10-12H,9H2,(H,21,22). The quantitative estimate of drug-likeness (QED) is 0.802. The van der Waals surface area contributed by atoms with Crippen molar-refractivity contribution in [3.05, 3.63) is 84.2 Å². The number of nitrogens with zero attached hydrogens (tertiary/aromatic N) is 3. The molecule has 0 saturated carbocycles. The van der Waals surface area contributed by atoms with Crippen LogP contribution in [-0.4, -0.2) is 20.9 Å². The van der Waals surface area contributed by atoms with Crippen molar-refractivity contribution in [1.29, 1.82) is 0 Å². The Morgan fingerprint density at radius 3 is 2.18 bits per heavy atom. The summed E-state index contributed by atoms with van der Waals surface area (Å²) in [4.78, 5) is 23.7. The summed E-state index contributed by atoms with van der Waals surface area (Å²) in [5.74, 6) is -0.220. The second-order valence-electron chi connectivity index (χ2n) is 4.81. The number of carbonyl (C=O) groups excluding carboxylic acids is 1. The maximum Gasteiger partial charge on any atom is 0.258 e. The third-order valence-corrected chi connectivity index (χ3v) is 3.19. The molecule has 1 N–H and O–H groups in total. The zero-order valence-corrected chi connectivity index (χ0v) is 11.8. The van der Waals surface area contributed by atoms with Crippen molar-refractivity contribution in [2.24, 2.45) is 0 Å². The van der Waals surface area contributed by atoms with E-state index in [0.29, 0.717) is 5.56 Å². The zero-order chi connectivity index (χ0) is 15.2. The summed E-state index contributed by atoms with van der Waals surface area (Å²) >= 11 is 0. The van der Waals surface area contributed by atoms with Gasteiger partial charge >= 0.3 is 0 Å². The molecule has 0 unspecified atom stereocenters. The second-order valence-corrected chi connectivity index (χ2v) is 4.81. The van der Waals surface area contributed by atoms with E-state index in [1.54, 1.807) is 12.4 Å². The molecule has 3 aromatic rings. The lowest BCUT2D eigenvalue weighted by atomic mass is 10.1. The lowest BCUT2D eigenvalue weighted by Crippen LogP contribution is -2.12. The van der Waals surface area contributed by atoms with Gasteiger partial charge in [-0.1, -0.05) is 12.1 Å². The van der Waals surface area contributed by atoms with E-state index in [0.717, 1.165) is 12.1 Å². The molecule has 0 atom stereocenters. The monoisotopic (exact) mass is 290 g/mol. The van der Waals surface area contributed by atoms with Gasteiger partial charge in [-0.2, -0.15) is 0 Å². The van der Waals surface area contributed by atoms with Crippen molar-refractivity contribution in [3.63, 3.8) is 0 Å². The SMILES string of the molecule is O=C(Nc1ccc(Cc2ccncc2)cc1)c1cncnc1. The number of hydrogen-bond donors (Lipinski definition) is 1. The number of nitrogens with one attached hydrogen (secondary N) is 1. The molecule has 0 aliphatic carbocycles. The van der Waals surface area contributed by atoms with Crippen molar-refractivity contribution < 1.29 is 4.79 Å². The Hall–Kier alpha value is -3.08. The van der Waals surface area contributed by atoms with Crippen molar-refractivity contribution >= 4 is 11.6 Å². The van der Waals surface area contributed by atoms with Gasteiger partial charge in [-0.25, -0.2) is 9.97 Å². The van der Waals surface area contributed by atoms with E-state index < -0.39 is 0 Å². The lowest BCUT2D eigenvalue weighted by molar-refractivity contribution is 0.102. The van der Waals surface area contributed by atoms with Crippen LogP contribution in [0.5, 0.6) is 0 Å². The summed E-state index contributed by atoms with van der Waals surface area (Å²) in [6.45, 7) is 0. The van der Waals surface area contributed by atoms with E-state index in [9.17, 15) is 4.79 Å². The molecule has 0 saturated heterocycles. The van der Waals surface area contributed by atoms with Crippen molar-refractivity contribution in [1.82, 2.24) is 15.0 Å². The fourth-order valence-electron chi connectivity index (χ4n) is 2.06. The van der Waals surface area contributed by atoms with Gasteiger partial charge in [0, 0.05) is 30.5 Å². The fourth-order valence-corrected chi connectivity index (χ4v) is 2.06. The van der Waals surface area contributed by atoms with Crippen LogP contribution < -0.4 is 5.32 Å². The smallest absolute Gasteiger partial charge is 0.258 e. The van der Waals surface area contributed by atoms with Gasteiger partial charge in [0.15, 0.2) is 0 Å². The molecule has 1 amide bonds. The minimum atomic E-state index is -0.220. The number of anilines is 1. The molecule has 2 aromatic heterocycles. The number of hydrogen-bond acceptors (Lipinski definition) is 4. The zero-order valence-electron chi connectivity index (χ0n) is 11.8. The van der Waals surface area contributed by atoms with Gasteiger partial charge in [0.05, 0.1) is 5.56 Å². The van der Waals surface area contributed by atoms with E-state index in [4.69, 9.17) is 0 Å². The average molecular weight is 290 g/mol. The van der Waals surface area contributed by atoms with Gasteiger partial charge in [0.1, 0.15) is 6.33 Å². The van der Waals surface area contributed by atoms with E-state index in [1.807, 2.05) is 36.4 Å². The first-order chi connectivity index (χ1) is 10.8. The lowest BCUT2D eigenvalue weighted by Gasteiger charge is -2.06. The first kappa shape index (κ1) is 13.9. The van der Waals surface area contributed by atoms with Gasteiger partial charge in [0.25, 0.3) is 5.91 Å². The molecule has 0 fully saturated rings. The van der Waals surface area contributed by atoms with Crippen LogP contribution in [0, 0.1) is 0 Å². The highest BCUT2D eigenvalue weighted by Crippen LogP contribution is 2.14. The molecule has 0 radical (unpaired) electrons. The summed E-state index contributed by atoms with van der Waals surface area (Å²) in [6, 6.07) is 11.8. The van der Waals surface area contributed by atoms with Crippen LogP contribution in [0.3, 0.4) is 0 Å². The molecule has 5 nitrogen and oxygen atoms in total. The van der Waals surface area contributed by atoms with Crippen LogP contribution in [0.1, 0.15) is 21.5 Å². The largest absolute Gasteiger partial charge is 0.322 e. The predicted octanol–water partition coefficient (Wildman–Crippen LogP) is 2.71. The first-order valence-corrected chi connectivity index (χ1v) is 6.85. The van der Waals surface area contributed by atoms with Gasteiger partial charge in [-0.3, -0.25) is 9.78 Å². The van der Waals surface area contributed by atoms with Gasteiger partial charge in [0.2, 0.25) is 0 Å². The van der Waals surface area contributed by atoms with E-state index >= 15 is 0 Å². The molecule has 1 aromatic carbocycles. The first-order valence-electron chi connectivity index (χ1n) is 6.85. The maximum atomic E-state index is 12.0. The molecular formula is C17H14N4O. The van der Waals surface area contributed by atoms with Gasteiger partial charge < -0.3 is 5.32 Å². The van der Waals surface area contributed by atoms with Crippen LogP contribution in [0.25, 0.3) is 0 Å². The van der Waals surface area contributed by atoms with Gasteiger partial charge in [-0.05, 0) is 41.8 Å². The third-order valence-electron chi connectivity index (χ3n) is 3.19. The summed E-state index contributed by atoms with van der Waals surface area (Å²) in [7, 11) is 0. The van der Waals surface area contributed by atoms with Crippen LogP contribution in [0.2, 0.25) is 0 Å². The van der Waals surface area contributed by atoms with Crippen molar-refractivity contribution in [2.75, 3.05) is 5.32 Å². The van der Waals surface area contributed by atoms with Crippen molar-refractivity contribution in [2.45, 2.75) is 6.42 Å². The van der Waals surface area contributed by atoms with Crippen LogP contribution in [-0.2, 0) is 6.42 Å². The predicted molar refractivity (Wildman–Crippen MR) is 83.5 cm³/mol. The summed E-state index contributed by atoms with van der Waals surface area (Å²) in [6.07, 6.45) is 8.77. The Labute approximate surface area is 128 Å². The Morgan fingerprint density at radius 1 is 0.864 bits per heavy atom. The number of pyridine rings is 1. The molecule has 0 spiro atoms. The summed E-state index contributed by atoms with van der Waals surface area (Å²) < 4.78 is 0. The normalized spacial score (nSPS) is 10.2. The second kappa shape index (κ2) is 6.58. The number of aromatic nitrogens is 3. The number of rotatable bonds is 4. The van der Waals surface area contributed by atoms with Crippen LogP contribution in [0.15, 0.2) is 67.5 Å². The summed E-state index contributed by atoms with van der Waals surface area (Å²) in [5, 5.41) is 2.82. The van der Waals surface area contributed by atoms with E-state index in [1.165, 1.54) is 29.8 Å². The molecule has 2 heterocycles. The highest BCUT2D eigenvalue weighted by Gasteiger charge is 2.06. The van der Waals surface area contributed by atoms with Crippen LogP contribution >= 0.6 is 0 Å². The Morgan fingerprint density at radius 2 is 1.50 bits per heavy atom. The fraction of sp³-hybridized carbons (Fsp3) is 0.0588. The Kier molecular flexibility index (Phi) is 4.15. The van der Waals surface area contributed by atoms with Gasteiger partial charge in [-0.15, -0.1) is 0 Å². The van der Waals surface area contributed by atoms with E-state index in [-0.39, 0.29) is 5.91 Å². The van der Waals surface area contributed by atoms with E-state index in [2.05, 4.69) is 20.3 Å². The molecule has 108 valence electrons. The maximum absolute atomic E-state index is 12.0. The van der Waals surface area contributed by atoms with Crippen LogP contribution in [0.4, 0.5) is 5.69 Å². The molecule has 0 aliphatic heterocycles. The molecule has 3 rings (SSSR count). The highest BCUT2D eigenvalue weighted by molar-refractivity contribution is 6.03. The molecular weight excluding hydrogens is 276 g/mol. The third kappa shape index (κ3) is 3.52. The minimum absolute atomic E-state index is 0.220. The number of carbonyl (C=O) groups is 1. The Balaban J connectivity index is 1.66. The van der Waals surface area contributed by atoms with Crippen molar-refractivity contribution in [3.8, 4) is 0 Å². The minimum Gasteiger partial charge on any atom is -0.322 e. The molecule has 0 aliphatic rings.